The van der Waals surface area contributed by atoms with E-state index in [0.29, 0.717) is 11.2 Å². The first-order chi connectivity index (χ1) is 9.56. The molecule has 8 nitrogen and oxygen atoms in total. The molecule has 20 heavy (non-hydrogen) atoms. The van der Waals surface area contributed by atoms with Crippen molar-refractivity contribution in [1.82, 2.24) is 24.5 Å². The van der Waals surface area contributed by atoms with Gasteiger partial charge in [-0.1, -0.05) is 0 Å². The van der Waals surface area contributed by atoms with Crippen LogP contribution in [0, 0.1) is 0 Å². The third-order valence-corrected chi connectivity index (χ3v) is 2.81. The van der Waals surface area contributed by atoms with Gasteiger partial charge in [-0.25, -0.2) is 14.8 Å². The van der Waals surface area contributed by atoms with Crippen molar-refractivity contribution in [3.63, 3.8) is 0 Å². The van der Waals surface area contributed by atoms with E-state index in [0.717, 1.165) is 0 Å². The number of aliphatic hydroxyl groups excluding tert-OH is 1. The van der Waals surface area contributed by atoms with Crippen molar-refractivity contribution in [2.75, 3.05) is 0 Å². The molecule has 0 amide bonds. The molecule has 0 saturated carbocycles. The Kier molecular flexibility index (Phi) is 2.79. The summed E-state index contributed by atoms with van der Waals surface area (Å²) in [6.45, 7) is 1.75. The summed E-state index contributed by atoms with van der Waals surface area (Å²) in [5.41, 5.74) is -0.361. The maximum absolute atomic E-state index is 11.8. The van der Waals surface area contributed by atoms with E-state index in [2.05, 4.69) is 19.9 Å². The average molecular weight is 273 g/mol. The van der Waals surface area contributed by atoms with Gasteiger partial charge in [0, 0.05) is 6.20 Å². The van der Waals surface area contributed by atoms with E-state index in [1.54, 1.807) is 25.3 Å². The first kappa shape index (κ1) is 12.4. The summed E-state index contributed by atoms with van der Waals surface area (Å²) in [4.78, 5) is 37.4. The molecule has 1 aromatic heterocycles. The Labute approximate surface area is 112 Å². The molecule has 2 aliphatic heterocycles. The molecule has 2 N–H and O–H groups in total. The molecule has 0 radical (unpaired) electrons. The molecule has 1 aromatic rings. The molecule has 8 heteroatoms. The molecule has 1 unspecified atom stereocenters. The lowest BCUT2D eigenvalue weighted by Crippen LogP contribution is -2.30. The van der Waals surface area contributed by atoms with Crippen LogP contribution in [0.2, 0.25) is 0 Å². The van der Waals surface area contributed by atoms with Gasteiger partial charge in [-0.3, -0.25) is 9.78 Å². The molecule has 3 rings (SSSR count). The minimum Gasteiger partial charge on any atom is -0.392 e. The fourth-order valence-corrected chi connectivity index (χ4v) is 2.07. The first-order valence-corrected chi connectivity index (χ1v) is 6.00. The van der Waals surface area contributed by atoms with Crippen LogP contribution in [0.25, 0.3) is 22.7 Å². The van der Waals surface area contributed by atoms with E-state index in [4.69, 9.17) is 0 Å². The molecule has 0 spiro atoms. The van der Waals surface area contributed by atoms with Gasteiger partial charge in [0.2, 0.25) is 0 Å². The zero-order chi connectivity index (χ0) is 14.3. The fraction of sp³-hybridized carbons (Fsp3) is 0.250. The van der Waals surface area contributed by atoms with Crippen LogP contribution in [0.1, 0.15) is 6.92 Å². The Morgan fingerprint density at radius 3 is 2.95 bits per heavy atom. The Hall–Kier alpha value is -2.61. The number of nitrogens with zero attached hydrogens (tertiary/aromatic N) is 4. The number of aromatic nitrogens is 5. The Morgan fingerprint density at radius 1 is 1.40 bits per heavy atom. The fourth-order valence-electron chi connectivity index (χ4n) is 2.07. The van der Waals surface area contributed by atoms with Crippen LogP contribution >= 0.6 is 0 Å². The monoisotopic (exact) mass is 273 g/mol. The topological polar surface area (TPSA) is 114 Å². The van der Waals surface area contributed by atoms with Crippen molar-refractivity contribution >= 4 is 11.2 Å². The minimum atomic E-state index is -0.751. The zero-order valence-electron chi connectivity index (χ0n) is 10.6. The summed E-state index contributed by atoms with van der Waals surface area (Å²) < 4.78 is 1.53. The molecule has 1 atom stereocenters. The average Bonchev–Trinajstić information content (AvgIpc) is 2.39. The third kappa shape index (κ3) is 1.95. The number of rotatable bonds is 2. The van der Waals surface area contributed by atoms with Gasteiger partial charge in [-0.05, 0) is 19.1 Å². The maximum atomic E-state index is 11.8. The molecule has 0 saturated heterocycles. The van der Waals surface area contributed by atoms with Crippen LogP contribution < -0.4 is 11.2 Å². The van der Waals surface area contributed by atoms with Gasteiger partial charge in [0.15, 0.2) is 17.2 Å². The molecule has 2 aliphatic rings. The summed E-state index contributed by atoms with van der Waals surface area (Å²) in [5, 5.41) is 9.60. The van der Waals surface area contributed by atoms with Crippen LogP contribution in [-0.4, -0.2) is 35.7 Å². The van der Waals surface area contributed by atoms with E-state index >= 15 is 0 Å². The second kappa shape index (κ2) is 4.49. The summed E-state index contributed by atoms with van der Waals surface area (Å²) >= 11 is 0. The SMILES string of the molecule is CC(O)Cn1c2nc(=O)[nH]c(=O)c-2nc2cccnc21. The van der Waals surface area contributed by atoms with Crippen molar-refractivity contribution in [2.45, 2.75) is 19.6 Å². The van der Waals surface area contributed by atoms with Crippen molar-refractivity contribution in [2.24, 2.45) is 0 Å². The largest absolute Gasteiger partial charge is 0.392 e. The van der Waals surface area contributed by atoms with Gasteiger partial charge in [-0.2, -0.15) is 4.98 Å². The van der Waals surface area contributed by atoms with Crippen LogP contribution in [0.15, 0.2) is 27.9 Å². The predicted octanol–water partition coefficient (Wildman–Crippen LogP) is -0.640. The number of aliphatic hydroxyl groups is 1. The number of hydrogen-bond acceptors (Lipinski definition) is 6. The van der Waals surface area contributed by atoms with Crippen LogP contribution in [-0.2, 0) is 6.54 Å². The summed E-state index contributed by atoms with van der Waals surface area (Å²) in [6.07, 6.45) is 0.881. The van der Waals surface area contributed by atoms with Crippen LogP contribution in [0.5, 0.6) is 0 Å². The molecule has 0 aliphatic carbocycles. The highest BCUT2D eigenvalue weighted by Gasteiger charge is 2.19. The van der Waals surface area contributed by atoms with Crippen LogP contribution in [0.3, 0.4) is 0 Å². The number of H-pyrrole nitrogens is 1. The van der Waals surface area contributed by atoms with Gasteiger partial charge in [0.1, 0.15) is 5.52 Å². The second-order valence-electron chi connectivity index (χ2n) is 4.46. The van der Waals surface area contributed by atoms with Crippen molar-refractivity contribution in [1.29, 1.82) is 0 Å². The van der Waals surface area contributed by atoms with Gasteiger partial charge in [-0.15, -0.1) is 0 Å². The highest BCUT2D eigenvalue weighted by atomic mass is 16.3. The quantitative estimate of drug-likeness (QED) is 0.600. The molecule has 0 fully saturated rings. The lowest BCUT2D eigenvalue weighted by Gasteiger charge is -2.16. The van der Waals surface area contributed by atoms with E-state index in [1.807, 2.05) is 0 Å². The standard InChI is InChI=1S/C12H11N5O3/c1-6(18)5-17-9-7(3-2-4-13-9)14-8-10(17)15-12(20)16-11(8)19/h2-4,6,18H,5H2,1H3,(H,16,19,20). The van der Waals surface area contributed by atoms with E-state index < -0.39 is 17.4 Å². The zero-order valence-corrected chi connectivity index (χ0v) is 10.6. The summed E-state index contributed by atoms with van der Waals surface area (Å²) in [6, 6.07) is 3.39. The van der Waals surface area contributed by atoms with E-state index in [9.17, 15) is 14.7 Å². The molecule has 0 aromatic carbocycles. The number of pyridine rings is 1. The number of hydrogen-bond donors (Lipinski definition) is 2. The molecular formula is C12H11N5O3. The minimum absolute atomic E-state index is 0.0470. The maximum Gasteiger partial charge on any atom is 0.349 e. The Balaban J connectivity index is 2.50. The molecular weight excluding hydrogens is 262 g/mol. The third-order valence-electron chi connectivity index (χ3n) is 2.81. The predicted molar refractivity (Wildman–Crippen MR) is 70.5 cm³/mol. The van der Waals surface area contributed by atoms with E-state index in [-0.39, 0.29) is 18.1 Å². The van der Waals surface area contributed by atoms with Crippen molar-refractivity contribution in [3.8, 4) is 11.5 Å². The van der Waals surface area contributed by atoms with Gasteiger partial charge in [0.05, 0.1) is 12.6 Å². The Morgan fingerprint density at radius 2 is 2.20 bits per heavy atom. The smallest absolute Gasteiger partial charge is 0.349 e. The molecule has 0 bridgehead atoms. The first-order valence-electron chi connectivity index (χ1n) is 6.00. The van der Waals surface area contributed by atoms with Crippen molar-refractivity contribution < 1.29 is 5.11 Å². The normalized spacial score (nSPS) is 12.9. The summed E-state index contributed by atoms with van der Waals surface area (Å²) in [7, 11) is 0. The molecule has 3 heterocycles. The second-order valence-corrected chi connectivity index (χ2v) is 4.46. The number of fused-ring (bicyclic) bond motifs is 2. The Bertz CT molecular complexity index is 867. The highest BCUT2D eigenvalue weighted by Crippen LogP contribution is 2.18. The van der Waals surface area contributed by atoms with Gasteiger partial charge < -0.3 is 9.67 Å². The van der Waals surface area contributed by atoms with Gasteiger partial charge in [0.25, 0.3) is 5.56 Å². The van der Waals surface area contributed by atoms with Crippen molar-refractivity contribution in [3.05, 3.63) is 39.2 Å². The lowest BCUT2D eigenvalue weighted by atomic mass is 10.3. The van der Waals surface area contributed by atoms with Crippen LogP contribution in [0.4, 0.5) is 0 Å². The molecule has 102 valence electrons. The number of nitrogens with one attached hydrogen (secondary N) is 1. The number of aromatic amines is 1. The van der Waals surface area contributed by atoms with Gasteiger partial charge >= 0.3 is 5.69 Å². The lowest BCUT2D eigenvalue weighted by molar-refractivity contribution is 0.175. The summed E-state index contributed by atoms with van der Waals surface area (Å²) in [5.74, 6) is 0.117. The highest BCUT2D eigenvalue weighted by molar-refractivity contribution is 5.75. The van der Waals surface area contributed by atoms with E-state index in [1.165, 1.54) is 4.57 Å².